The molecule has 2 heterocycles. The van der Waals surface area contributed by atoms with Crippen LogP contribution >= 0.6 is 11.6 Å². The zero-order valence-electron chi connectivity index (χ0n) is 15.7. The molecule has 4 aromatic rings. The number of ether oxygens (including phenoxy) is 1. The average Bonchev–Trinajstić information content (AvgIpc) is 3.19. The van der Waals surface area contributed by atoms with E-state index in [0.717, 1.165) is 50.8 Å². The van der Waals surface area contributed by atoms with Gasteiger partial charge in [0.05, 0.1) is 12.3 Å². The topological polar surface area (TPSA) is 37.9 Å². The Labute approximate surface area is 170 Å². The van der Waals surface area contributed by atoms with Gasteiger partial charge >= 0.3 is 0 Å². The van der Waals surface area contributed by atoms with Crippen molar-refractivity contribution in [1.29, 1.82) is 0 Å². The first kappa shape index (κ1) is 18.3. The minimum absolute atomic E-state index is 0.691. The zero-order chi connectivity index (χ0) is 19.3. The van der Waals surface area contributed by atoms with Gasteiger partial charge in [-0.3, -0.25) is 4.98 Å². The lowest BCUT2D eigenvalue weighted by Crippen LogP contribution is -1.96. The van der Waals surface area contributed by atoms with E-state index in [1.807, 2.05) is 54.6 Å². The molecule has 140 valence electrons. The van der Waals surface area contributed by atoms with Gasteiger partial charge in [0.15, 0.2) is 0 Å². The molecule has 0 saturated carbocycles. The fourth-order valence-electron chi connectivity index (χ4n) is 3.23. The maximum Gasteiger partial charge on any atom is 0.127 e. The number of H-pyrrole nitrogens is 1. The first-order valence-corrected chi connectivity index (χ1v) is 9.75. The summed E-state index contributed by atoms with van der Waals surface area (Å²) in [5, 5.41) is 0.725. The monoisotopic (exact) mass is 388 g/mol. The highest BCUT2D eigenvalue weighted by Crippen LogP contribution is 2.40. The zero-order valence-corrected chi connectivity index (χ0v) is 16.4. The number of nitrogens with zero attached hydrogens (tertiary/aromatic N) is 1. The van der Waals surface area contributed by atoms with Gasteiger partial charge in [-0.1, -0.05) is 48.9 Å². The number of benzene rings is 2. The molecule has 2 aromatic carbocycles. The van der Waals surface area contributed by atoms with Crippen LogP contribution in [0.2, 0.25) is 5.02 Å². The summed E-state index contributed by atoms with van der Waals surface area (Å²) in [6, 6.07) is 22.2. The van der Waals surface area contributed by atoms with Crippen molar-refractivity contribution in [2.24, 2.45) is 0 Å². The lowest BCUT2D eigenvalue weighted by molar-refractivity contribution is 0.319. The first-order valence-electron chi connectivity index (χ1n) is 9.38. The summed E-state index contributed by atoms with van der Waals surface area (Å²) in [7, 11) is 0. The lowest BCUT2D eigenvalue weighted by Gasteiger charge is -2.11. The van der Waals surface area contributed by atoms with Crippen LogP contribution in [0.25, 0.3) is 33.6 Å². The first-order chi connectivity index (χ1) is 13.8. The molecule has 0 fully saturated rings. The number of hydrogen-bond acceptors (Lipinski definition) is 2. The lowest BCUT2D eigenvalue weighted by atomic mass is 10.0. The Morgan fingerprint density at radius 1 is 0.893 bits per heavy atom. The normalized spacial score (nSPS) is 10.8. The van der Waals surface area contributed by atoms with E-state index >= 15 is 0 Å². The molecule has 0 spiro atoms. The quantitative estimate of drug-likeness (QED) is 0.392. The predicted molar refractivity (Wildman–Crippen MR) is 116 cm³/mol. The average molecular weight is 389 g/mol. The molecule has 0 atom stereocenters. The van der Waals surface area contributed by atoms with Crippen molar-refractivity contribution in [3.63, 3.8) is 0 Å². The number of pyridine rings is 1. The highest BCUT2D eigenvalue weighted by Gasteiger charge is 2.16. The van der Waals surface area contributed by atoms with Gasteiger partial charge in [-0.2, -0.15) is 0 Å². The van der Waals surface area contributed by atoms with Gasteiger partial charge in [0.2, 0.25) is 0 Å². The molecule has 0 aliphatic heterocycles. The molecule has 0 bridgehead atoms. The molecule has 4 rings (SSSR count). The van der Waals surface area contributed by atoms with Crippen molar-refractivity contribution in [2.75, 3.05) is 6.61 Å². The van der Waals surface area contributed by atoms with E-state index in [1.165, 1.54) is 0 Å². The molecule has 0 amide bonds. The van der Waals surface area contributed by atoms with Crippen LogP contribution in [0.4, 0.5) is 0 Å². The summed E-state index contributed by atoms with van der Waals surface area (Å²) in [5.74, 6) is 0.890. The van der Waals surface area contributed by atoms with Gasteiger partial charge in [0.1, 0.15) is 5.75 Å². The van der Waals surface area contributed by atoms with Crippen LogP contribution in [0, 0.1) is 0 Å². The number of halogens is 1. The molecule has 2 aromatic heterocycles. The molecule has 1 N–H and O–H groups in total. The van der Waals surface area contributed by atoms with Gasteiger partial charge in [0.25, 0.3) is 0 Å². The van der Waals surface area contributed by atoms with Gasteiger partial charge in [-0.05, 0) is 48.4 Å². The standard InChI is InChI=1S/C24H21ClN2O/c1-2-15-28-23-6-4-3-5-20(23)21-16-22(17-7-9-19(25)10-8-17)27-24(21)18-11-13-26-14-12-18/h3-14,16,27H,2,15H2,1H3. The van der Waals surface area contributed by atoms with E-state index in [4.69, 9.17) is 16.3 Å². The van der Waals surface area contributed by atoms with E-state index in [-0.39, 0.29) is 0 Å². The van der Waals surface area contributed by atoms with Crippen LogP contribution in [0.1, 0.15) is 13.3 Å². The number of aromatic nitrogens is 2. The van der Waals surface area contributed by atoms with E-state index in [9.17, 15) is 0 Å². The summed E-state index contributed by atoms with van der Waals surface area (Å²) < 4.78 is 6.02. The number of aromatic amines is 1. The molecule has 0 saturated heterocycles. The molecule has 28 heavy (non-hydrogen) atoms. The number of hydrogen-bond donors (Lipinski definition) is 1. The second-order valence-corrected chi connectivity index (χ2v) is 7.00. The van der Waals surface area contributed by atoms with Gasteiger partial charge in [-0.15, -0.1) is 0 Å². The van der Waals surface area contributed by atoms with E-state index in [0.29, 0.717) is 6.61 Å². The van der Waals surface area contributed by atoms with E-state index in [2.05, 4.69) is 29.0 Å². The molecule has 0 unspecified atom stereocenters. The molecule has 0 aliphatic rings. The van der Waals surface area contributed by atoms with E-state index in [1.54, 1.807) is 12.4 Å². The van der Waals surface area contributed by atoms with Crippen LogP contribution in [-0.4, -0.2) is 16.6 Å². The third kappa shape index (κ3) is 3.80. The Balaban J connectivity index is 1.87. The van der Waals surface area contributed by atoms with Gasteiger partial charge in [-0.25, -0.2) is 0 Å². The van der Waals surface area contributed by atoms with Crippen LogP contribution in [-0.2, 0) is 0 Å². The minimum Gasteiger partial charge on any atom is -0.493 e. The Hall–Kier alpha value is -3.04. The highest BCUT2D eigenvalue weighted by atomic mass is 35.5. The smallest absolute Gasteiger partial charge is 0.127 e. The minimum atomic E-state index is 0.691. The van der Waals surface area contributed by atoms with Crippen molar-refractivity contribution in [3.05, 3.63) is 84.1 Å². The van der Waals surface area contributed by atoms with Crippen molar-refractivity contribution in [1.82, 2.24) is 9.97 Å². The summed E-state index contributed by atoms with van der Waals surface area (Å²) in [4.78, 5) is 7.74. The van der Waals surface area contributed by atoms with Crippen molar-refractivity contribution in [2.45, 2.75) is 13.3 Å². The fraction of sp³-hybridized carbons (Fsp3) is 0.125. The third-order valence-corrected chi connectivity index (χ3v) is 4.83. The fourth-order valence-corrected chi connectivity index (χ4v) is 3.35. The summed E-state index contributed by atoms with van der Waals surface area (Å²) in [6.45, 7) is 2.80. The SMILES string of the molecule is CCCOc1ccccc1-c1cc(-c2ccc(Cl)cc2)[nH]c1-c1ccncc1. The summed E-state index contributed by atoms with van der Waals surface area (Å²) >= 11 is 6.06. The van der Waals surface area contributed by atoms with Gasteiger partial charge < -0.3 is 9.72 Å². The van der Waals surface area contributed by atoms with E-state index < -0.39 is 0 Å². The largest absolute Gasteiger partial charge is 0.493 e. The Morgan fingerprint density at radius 3 is 2.39 bits per heavy atom. The Morgan fingerprint density at radius 2 is 1.64 bits per heavy atom. The van der Waals surface area contributed by atoms with Crippen molar-refractivity contribution >= 4 is 11.6 Å². The summed E-state index contributed by atoms with van der Waals surface area (Å²) in [5.41, 5.74) is 6.40. The second-order valence-electron chi connectivity index (χ2n) is 6.56. The third-order valence-electron chi connectivity index (χ3n) is 4.58. The van der Waals surface area contributed by atoms with Crippen LogP contribution in [0.5, 0.6) is 5.75 Å². The molecule has 0 aliphatic carbocycles. The summed E-state index contributed by atoms with van der Waals surface area (Å²) in [6.07, 6.45) is 4.58. The van der Waals surface area contributed by atoms with Crippen molar-refractivity contribution < 1.29 is 4.74 Å². The second kappa shape index (κ2) is 8.32. The molecule has 3 nitrogen and oxygen atoms in total. The van der Waals surface area contributed by atoms with Crippen molar-refractivity contribution in [3.8, 4) is 39.4 Å². The van der Waals surface area contributed by atoms with Crippen LogP contribution < -0.4 is 4.74 Å². The molecular formula is C24H21ClN2O. The van der Waals surface area contributed by atoms with Crippen LogP contribution in [0.3, 0.4) is 0 Å². The maximum atomic E-state index is 6.06. The molecular weight excluding hydrogens is 368 g/mol. The number of rotatable bonds is 6. The Bertz CT molecular complexity index is 1060. The highest BCUT2D eigenvalue weighted by molar-refractivity contribution is 6.30. The van der Waals surface area contributed by atoms with Crippen LogP contribution in [0.15, 0.2) is 79.1 Å². The Kier molecular flexibility index (Phi) is 5.45. The van der Waals surface area contributed by atoms with Gasteiger partial charge in [0, 0.05) is 39.8 Å². The molecule has 4 heteroatoms. The number of para-hydroxylation sites is 1. The predicted octanol–water partition coefficient (Wildman–Crippen LogP) is 6.85. The molecule has 0 radical (unpaired) electrons. The number of nitrogens with one attached hydrogen (secondary N) is 1. The maximum absolute atomic E-state index is 6.06.